The summed E-state index contributed by atoms with van der Waals surface area (Å²) < 4.78 is 0. The van der Waals surface area contributed by atoms with Crippen molar-refractivity contribution in [1.82, 2.24) is 25.2 Å². The number of nitrogens with zero attached hydrogens (tertiary/aromatic N) is 5. The average Bonchev–Trinajstić information content (AvgIpc) is 3.30. The van der Waals surface area contributed by atoms with Crippen molar-refractivity contribution in [2.75, 3.05) is 18.0 Å². The van der Waals surface area contributed by atoms with Crippen LogP contribution in [0.15, 0.2) is 48.9 Å². The fraction of sp³-hybridized carbons (Fsp3) is 0.250. The normalized spacial score (nSPS) is 13.8. The molecule has 0 radical (unpaired) electrons. The minimum Gasteiger partial charge on any atom is -0.347 e. The molecule has 148 valence electrons. The Kier molecular flexibility index (Phi) is 5.48. The van der Waals surface area contributed by atoms with Crippen LogP contribution in [0.3, 0.4) is 0 Å². The Morgan fingerprint density at radius 2 is 2.10 bits per heavy atom. The molecule has 0 aliphatic carbocycles. The van der Waals surface area contributed by atoms with Crippen molar-refractivity contribution < 1.29 is 9.59 Å². The van der Waals surface area contributed by atoms with Crippen LogP contribution in [0.2, 0.25) is 0 Å². The van der Waals surface area contributed by atoms with Crippen LogP contribution in [0.5, 0.6) is 0 Å². The van der Waals surface area contributed by atoms with Crippen LogP contribution in [0.25, 0.3) is 0 Å². The number of hydrogen-bond donors (Lipinski definition) is 1. The topological polar surface area (TPSA) is 91.3 Å². The van der Waals surface area contributed by atoms with Crippen LogP contribution in [0.4, 0.5) is 9.93 Å². The lowest BCUT2D eigenvalue weighted by Gasteiger charge is -2.16. The molecule has 0 bridgehead atoms. The van der Waals surface area contributed by atoms with Gasteiger partial charge in [-0.2, -0.15) is 0 Å². The second kappa shape index (κ2) is 8.36. The van der Waals surface area contributed by atoms with Gasteiger partial charge in [0.15, 0.2) is 5.13 Å². The Balaban J connectivity index is 1.42. The van der Waals surface area contributed by atoms with E-state index in [1.54, 1.807) is 35.3 Å². The molecule has 1 fully saturated rings. The number of rotatable bonds is 6. The fourth-order valence-electron chi connectivity index (χ4n) is 3.07. The SMILES string of the molecule is Cc1nc(N2CCN(Cc3ccccn3)C2=O)sc1C(=O)NCc1cccnc1. The first kappa shape index (κ1) is 19.0. The molecular formula is C20H20N6O2S. The Labute approximate surface area is 172 Å². The molecule has 4 heterocycles. The van der Waals surface area contributed by atoms with Gasteiger partial charge in [0, 0.05) is 38.2 Å². The smallest absolute Gasteiger partial charge is 0.326 e. The van der Waals surface area contributed by atoms with E-state index in [2.05, 4.69) is 20.3 Å². The predicted octanol–water partition coefficient (Wildman–Crippen LogP) is 2.61. The van der Waals surface area contributed by atoms with E-state index in [4.69, 9.17) is 0 Å². The third-order valence-electron chi connectivity index (χ3n) is 4.57. The summed E-state index contributed by atoms with van der Waals surface area (Å²) in [4.78, 5) is 42.0. The summed E-state index contributed by atoms with van der Waals surface area (Å²) in [5.74, 6) is -0.202. The second-order valence-electron chi connectivity index (χ2n) is 6.63. The van der Waals surface area contributed by atoms with E-state index in [0.717, 1.165) is 11.3 Å². The van der Waals surface area contributed by atoms with Crippen LogP contribution in [-0.2, 0) is 13.1 Å². The quantitative estimate of drug-likeness (QED) is 0.677. The lowest BCUT2D eigenvalue weighted by atomic mass is 10.3. The van der Waals surface area contributed by atoms with Gasteiger partial charge >= 0.3 is 6.03 Å². The minimum absolute atomic E-state index is 0.119. The van der Waals surface area contributed by atoms with E-state index in [0.29, 0.717) is 41.9 Å². The van der Waals surface area contributed by atoms with E-state index in [-0.39, 0.29) is 11.9 Å². The van der Waals surface area contributed by atoms with E-state index < -0.39 is 0 Å². The first-order valence-corrected chi connectivity index (χ1v) is 10.0. The zero-order valence-electron chi connectivity index (χ0n) is 15.9. The molecular weight excluding hydrogens is 388 g/mol. The monoisotopic (exact) mass is 408 g/mol. The summed E-state index contributed by atoms with van der Waals surface area (Å²) in [7, 11) is 0. The van der Waals surface area contributed by atoms with Gasteiger partial charge in [-0.15, -0.1) is 0 Å². The fourth-order valence-corrected chi connectivity index (χ4v) is 4.07. The Morgan fingerprint density at radius 1 is 1.21 bits per heavy atom. The van der Waals surface area contributed by atoms with E-state index in [1.165, 1.54) is 11.3 Å². The molecule has 29 heavy (non-hydrogen) atoms. The van der Waals surface area contributed by atoms with Crippen LogP contribution in [0.1, 0.15) is 26.6 Å². The summed E-state index contributed by atoms with van der Waals surface area (Å²) >= 11 is 1.24. The zero-order valence-corrected chi connectivity index (χ0v) is 16.7. The number of nitrogens with one attached hydrogen (secondary N) is 1. The Bertz CT molecular complexity index is 1010. The van der Waals surface area contributed by atoms with Crippen LogP contribution in [0, 0.1) is 6.92 Å². The third-order valence-corrected chi connectivity index (χ3v) is 5.75. The van der Waals surface area contributed by atoms with Gasteiger partial charge in [0.05, 0.1) is 17.9 Å². The number of aromatic nitrogens is 3. The van der Waals surface area contributed by atoms with Gasteiger partial charge in [-0.1, -0.05) is 23.5 Å². The van der Waals surface area contributed by atoms with Crippen molar-refractivity contribution in [3.8, 4) is 0 Å². The second-order valence-corrected chi connectivity index (χ2v) is 7.61. The molecule has 3 amide bonds. The number of carbonyl (C=O) groups is 2. The maximum absolute atomic E-state index is 12.8. The molecule has 1 N–H and O–H groups in total. The van der Waals surface area contributed by atoms with Gasteiger partial charge < -0.3 is 10.2 Å². The number of anilines is 1. The molecule has 3 aromatic rings. The summed E-state index contributed by atoms with van der Waals surface area (Å²) in [6, 6.07) is 9.26. The largest absolute Gasteiger partial charge is 0.347 e. The summed E-state index contributed by atoms with van der Waals surface area (Å²) in [6.07, 6.45) is 5.12. The highest BCUT2D eigenvalue weighted by atomic mass is 32.1. The number of aryl methyl sites for hydroxylation is 1. The molecule has 1 aliphatic rings. The summed E-state index contributed by atoms with van der Waals surface area (Å²) in [5.41, 5.74) is 2.38. The van der Waals surface area contributed by atoms with Gasteiger partial charge in [-0.3, -0.25) is 19.7 Å². The van der Waals surface area contributed by atoms with Crippen molar-refractivity contribution in [3.63, 3.8) is 0 Å². The summed E-state index contributed by atoms with van der Waals surface area (Å²) in [5, 5.41) is 3.43. The van der Waals surface area contributed by atoms with Crippen LogP contribution >= 0.6 is 11.3 Å². The van der Waals surface area contributed by atoms with Gasteiger partial charge in [-0.05, 0) is 30.7 Å². The molecule has 1 saturated heterocycles. The first-order chi connectivity index (χ1) is 14.1. The van der Waals surface area contributed by atoms with E-state index in [9.17, 15) is 9.59 Å². The number of hydrogen-bond acceptors (Lipinski definition) is 6. The summed E-state index contributed by atoms with van der Waals surface area (Å²) in [6.45, 7) is 3.76. The highest BCUT2D eigenvalue weighted by Crippen LogP contribution is 2.29. The number of thiazole rings is 1. The van der Waals surface area contributed by atoms with Crippen molar-refractivity contribution in [1.29, 1.82) is 0 Å². The number of urea groups is 1. The molecule has 4 rings (SSSR count). The van der Waals surface area contributed by atoms with Gasteiger partial charge in [0.1, 0.15) is 4.88 Å². The predicted molar refractivity (Wildman–Crippen MR) is 110 cm³/mol. The van der Waals surface area contributed by atoms with Crippen LogP contribution in [-0.4, -0.2) is 44.9 Å². The van der Waals surface area contributed by atoms with Gasteiger partial charge in [0.25, 0.3) is 5.91 Å². The first-order valence-electron chi connectivity index (χ1n) is 9.22. The minimum atomic E-state index is -0.202. The maximum Gasteiger partial charge on any atom is 0.326 e. The molecule has 9 heteroatoms. The van der Waals surface area contributed by atoms with Crippen molar-refractivity contribution in [3.05, 3.63) is 70.8 Å². The highest BCUT2D eigenvalue weighted by Gasteiger charge is 2.32. The molecule has 0 saturated carbocycles. The molecule has 0 aromatic carbocycles. The van der Waals surface area contributed by atoms with Crippen molar-refractivity contribution in [2.45, 2.75) is 20.0 Å². The lowest BCUT2D eigenvalue weighted by Crippen LogP contribution is -2.31. The Morgan fingerprint density at radius 3 is 2.86 bits per heavy atom. The maximum atomic E-state index is 12.8. The number of carbonyl (C=O) groups excluding carboxylic acids is 2. The zero-order chi connectivity index (χ0) is 20.2. The van der Waals surface area contributed by atoms with E-state index in [1.807, 2.05) is 30.3 Å². The van der Waals surface area contributed by atoms with Gasteiger partial charge in [0.2, 0.25) is 0 Å². The lowest BCUT2D eigenvalue weighted by molar-refractivity contribution is 0.0954. The third kappa shape index (κ3) is 4.24. The number of amides is 3. The Hall–Kier alpha value is -3.33. The van der Waals surface area contributed by atoms with Gasteiger partial charge in [-0.25, -0.2) is 9.78 Å². The van der Waals surface area contributed by atoms with Crippen molar-refractivity contribution in [2.24, 2.45) is 0 Å². The average molecular weight is 408 g/mol. The molecule has 8 nitrogen and oxygen atoms in total. The standard InChI is InChI=1S/C20H20N6O2S/c1-14-17(18(27)23-12-15-5-4-7-21-11-15)29-19(24-14)26-10-9-25(20(26)28)13-16-6-2-3-8-22-16/h2-8,11H,9-10,12-13H2,1H3,(H,23,27). The number of pyridine rings is 2. The molecule has 0 unspecified atom stereocenters. The van der Waals surface area contributed by atoms with E-state index >= 15 is 0 Å². The van der Waals surface area contributed by atoms with Crippen molar-refractivity contribution >= 4 is 28.4 Å². The highest BCUT2D eigenvalue weighted by molar-refractivity contribution is 7.17. The molecule has 1 aliphatic heterocycles. The molecule has 0 atom stereocenters. The molecule has 0 spiro atoms. The van der Waals surface area contributed by atoms with Crippen LogP contribution < -0.4 is 10.2 Å². The molecule has 3 aromatic heterocycles.